The largest absolute Gasteiger partial charge is 0.446 e. The second-order valence-electron chi connectivity index (χ2n) is 8.30. The molecular formula is C20H30ClF3N3O+. The Balaban J connectivity index is 0.00000280. The molecule has 8 heteroatoms. The highest BCUT2D eigenvalue weighted by Gasteiger charge is 2.72. The van der Waals surface area contributed by atoms with Crippen LogP contribution in [0.1, 0.15) is 37.7 Å². The maximum absolute atomic E-state index is 14.6. The van der Waals surface area contributed by atoms with Crippen LogP contribution in [0.3, 0.4) is 0 Å². The monoisotopic (exact) mass is 420 g/mol. The summed E-state index contributed by atoms with van der Waals surface area (Å²) in [6.07, 6.45) is -2.19. The second kappa shape index (κ2) is 8.59. The number of benzene rings is 1. The third-order valence-corrected chi connectivity index (χ3v) is 6.53. The Morgan fingerprint density at radius 1 is 1.21 bits per heavy atom. The molecule has 2 fully saturated rings. The Morgan fingerprint density at radius 2 is 1.82 bits per heavy atom. The smallest absolute Gasteiger partial charge is 0.346 e. The Hall–Kier alpha value is -1.31. The predicted octanol–water partition coefficient (Wildman–Crippen LogP) is 3.19. The molecule has 3 rings (SSSR count). The lowest BCUT2D eigenvalue weighted by molar-refractivity contribution is -0.965. The van der Waals surface area contributed by atoms with Crippen LogP contribution in [-0.4, -0.2) is 54.3 Å². The van der Waals surface area contributed by atoms with Crippen molar-refractivity contribution >= 4 is 18.3 Å². The van der Waals surface area contributed by atoms with Crippen LogP contribution >= 0.6 is 12.4 Å². The zero-order chi connectivity index (χ0) is 19.7. The quantitative estimate of drug-likeness (QED) is 0.735. The molecule has 0 bridgehead atoms. The summed E-state index contributed by atoms with van der Waals surface area (Å²) in [7, 11) is 1.69. The maximum Gasteiger partial charge on any atom is 0.446 e. The third-order valence-electron chi connectivity index (χ3n) is 6.53. The first kappa shape index (κ1) is 23.0. The van der Waals surface area contributed by atoms with Crippen LogP contribution < -0.4 is 11.1 Å². The van der Waals surface area contributed by atoms with Crippen LogP contribution in [0.4, 0.5) is 13.2 Å². The lowest BCUT2D eigenvalue weighted by atomic mass is 9.72. The molecule has 1 aromatic rings. The first-order chi connectivity index (χ1) is 12.7. The number of nitrogens with one attached hydrogen (secondary N) is 1. The van der Waals surface area contributed by atoms with E-state index >= 15 is 0 Å². The van der Waals surface area contributed by atoms with Gasteiger partial charge in [0.05, 0.1) is 32.6 Å². The van der Waals surface area contributed by atoms with Crippen molar-refractivity contribution in [3.63, 3.8) is 0 Å². The summed E-state index contributed by atoms with van der Waals surface area (Å²) in [6, 6.07) is 7.65. The van der Waals surface area contributed by atoms with E-state index in [4.69, 9.17) is 5.73 Å². The number of hydrogen-bond donors (Lipinski definition) is 2. The molecule has 4 nitrogen and oxygen atoms in total. The molecule has 2 aliphatic rings. The van der Waals surface area contributed by atoms with Gasteiger partial charge in [-0.25, -0.2) is 0 Å². The average Bonchev–Trinajstić information content (AvgIpc) is 3.04. The van der Waals surface area contributed by atoms with E-state index in [0.717, 1.165) is 18.4 Å². The molecule has 1 heterocycles. The minimum atomic E-state index is -4.44. The lowest BCUT2D eigenvalue weighted by Gasteiger charge is -2.55. The SMILES string of the molecule is C[N+]1([C@]2(C(F)(F)F)C[C@@H](N)CCC2NC(=O)Cc2ccccc2)CCCC1.Cl. The predicted molar refractivity (Wildman–Crippen MR) is 105 cm³/mol. The Labute approximate surface area is 170 Å². The molecule has 1 aromatic carbocycles. The summed E-state index contributed by atoms with van der Waals surface area (Å²) < 4.78 is 43.6. The summed E-state index contributed by atoms with van der Waals surface area (Å²) in [5.41, 5.74) is 4.80. The fraction of sp³-hybridized carbons (Fsp3) is 0.650. The summed E-state index contributed by atoms with van der Waals surface area (Å²) in [6.45, 7) is 0.939. The molecule has 0 spiro atoms. The molecule has 0 radical (unpaired) electrons. The lowest BCUT2D eigenvalue weighted by Crippen LogP contribution is -2.78. The standard InChI is InChI=1S/C20H28F3N3O.ClH/c1-26(11-5-6-12-26)19(20(21,22)23)14-16(24)9-10-17(19)25-18(27)13-15-7-3-2-4-8-15;/h2-4,7-8,16-17H,5-6,9-14,24H2,1H3;1H/p+1/t16-,17?,19+;/m0./s1. The number of likely N-dealkylation sites (tertiary alicyclic amines) is 1. The number of quaternary nitrogens is 1. The van der Waals surface area contributed by atoms with Gasteiger partial charge in [0.25, 0.3) is 0 Å². The van der Waals surface area contributed by atoms with E-state index in [-0.39, 0.29) is 42.1 Å². The molecule has 1 aliphatic carbocycles. The van der Waals surface area contributed by atoms with Crippen molar-refractivity contribution in [3.05, 3.63) is 35.9 Å². The summed E-state index contributed by atoms with van der Waals surface area (Å²) in [5, 5.41) is 2.76. The van der Waals surface area contributed by atoms with E-state index in [1.165, 1.54) is 0 Å². The number of carbonyl (C=O) groups is 1. The maximum atomic E-state index is 14.6. The minimum Gasteiger partial charge on any atom is -0.346 e. The highest BCUT2D eigenvalue weighted by molar-refractivity contribution is 5.85. The molecule has 158 valence electrons. The van der Waals surface area contributed by atoms with Crippen molar-refractivity contribution in [1.82, 2.24) is 5.32 Å². The van der Waals surface area contributed by atoms with Gasteiger partial charge in [-0.15, -0.1) is 12.4 Å². The number of nitrogens with two attached hydrogens (primary N) is 1. The first-order valence-electron chi connectivity index (χ1n) is 9.68. The number of hydrogen-bond acceptors (Lipinski definition) is 2. The Morgan fingerprint density at radius 3 is 2.39 bits per heavy atom. The van der Waals surface area contributed by atoms with Crippen molar-refractivity contribution in [2.24, 2.45) is 5.73 Å². The van der Waals surface area contributed by atoms with Gasteiger partial charge in [-0.3, -0.25) is 4.79 Å². The van der Waals surface area contributed by atoms with Gasteiger partial charge in [0, 0.05) is 25.3 Å². The van der Waals surface area contributed by atoms with Crippen molar-refractivity contribution in [2.45, 2.75) is 62.3 Å². The number of halogens is 4. The van der Waals surface area contributed by atoms with Gasteiger partial charge in [-0.05, 0) is 18.4 Å². The fourth-order valence-corrected chi connectivity index (χ4v) is 5.13. The van der Waals surface area contributed by atoms with Crippen molar-refractivity contribution < 1.29 is 22.4 Å². The van der Waals surface area contributed by atoms with E-state index in [1.54, 1.807) is 7.05 Å². The highest BCUT2D eigenvalue weighted by Crippen LogP contribution is 2.50. The van der Waals surface area contributed by atoms with Crippen molar-refractivity contribution in [2.75, 3.05) is 20.1 Å². The molecular weight excluding hydrogens is 391 g/mol. The van der Waals surface area contributed by atoms with E-state index in [1.807, 2.05) is 30.3 Å². The summed E-state index contributed by atoms with van der Waals surface area (Å²) >= 11 is 0. The van der Waals surface area contributed by atoms with Crippen molar-refractivity contribution in [1.29, 1.82) is 0 Å². The van der Waals surface area contributed by atoms with Crippen LogP contribution in [0.2, 0.25) is 0 Å². The first-order valence-corrected chi connectivity index (χ1v) is 9.68. The third kappa shape index (κ3) is 4.16. The number of nitrogens with zero attached hydrogens (tertiary/aromatic N) is 1. The zero-order valence-corrected chi connectivity index (χ0v) is 17.0. The van der Waals surface area contributed by atoms with E-state index in [0.29, 0.717) is 19.5 Å². The van der Waals surface area contributed by atoms with Gasteiger partial charge in [0.15, 0.2) is 0 Å². The van der Waals surface area contributed by atoms with Crippen LogP contribution in [-0.2, 0) is 11.2 Å². The Kier molecular flexibility index (Phi) is 7.05. The summed E-state index contributed by atoms with van der Waals surface area (Å²) in [5.74, 6) is -0.360. The van der Waals surface area contributed by atoms with Crippen molar-refractivity contribution in [3.8, 4) is 0 Å². The highest BCUT2D eigenvalue weighted by atomic mass is 35.5. The molecule has 3 N–H and O–H groups in total. The zero-order valence-electron chi connectivity index (χ0n) is 16.2. The number of alkyl halides is 3. The van der Waals surface area contributed by atoms with Gasteiger partial charge < -0.3 is 15.5 Å². The van der Waals surface area contributed by atoms with E-state index < -0.39 is 23.8 Å². The van der Waals surface area contributed by atoms with Crippen LogP contribution in [0, 0.1) is 0 Å². The molecule has 28 heavy (non-hydrogen) atoms. The molecule has 1 unspecified atom stereocenters. The normalized spacial score (nSPS) is 29.8. The minimum absolute atomic E-state index is 0. The number of carbonyl (C=O) groups excluding carboxylic acids is 1. The van der Waals surface area contributed by atoms with E-state index in [9.17, 15) is 18.0 Å². The van der Waals surface area contributed by atoms with Gasteiger partial charge >= 0.3 is 6.18 Å². The van der Waals surface area contributed by atoms with Crippen LogP contribution in [0.15, 0.2) is 30.3 Å². The molecule has 1 saturated heterocycles. The fourth-order valence-electron chi connectivity index (χ4n) is 5.13. The van der Waals surface area contributed by atoms with Crippen LogP contribution in [0.25, 0.3) is 0 Å². The van der Waals surface area contributed by atoms with Gasteiger partial charge in [0.1, 0.15) is 0 Å². The van der Waals surface area contributed by atoms with Gasteiger partial charge in [0.2, 0.25) is 11.4 Å². The number of likely N-dealkylation sites (N-methyl/N-ethyl adjacent to an activating group) is 1. The Bertz CT molecular complexity index is 664. The number of amides is 1. The van der Waals surface area contributed by atoms with Gasteiger partial charge in [-0.2, -0.15) is 13.2 Å². The van der Waals surface area contributed by atoms with Gasteiger partial charge in [-0.1, -0.05) is 30.3 Å². The topological polar surface area (TPSA) is 55.1 Å². The molecule has 1 saturated carbocycles. The molecule has 0 aromatic heterocycles. The number of rotatable bonds is 4. The summed E-state index contributed by atoms with van der Waals surface area (Å²) in [4.78, 5) is 12.6. The second-order valence-corrected chi connectivity index (χ2v) is 8.30. The molecule has 1 amide bonds. The average molecular weight is 421 g/mol. The molecule has 1 aliphatic heterocycles. The van der Waals surface area contributed by atoms with Crippen LogP contribution in [0.5, 0.6) is 0 Å². The molecule has 3 atom stereocenters. The van der Waals surface area contributed by atoms with E-state index in [2.05, 4.69) is 5.32 Å².